The highest BCUT2D eigenvalue weighted by molar-refractivity contribution is 6.15. The van der Waals surface area contributed by atoms with E-state index < -0.39 is 96.7 Å². The van der Waals surface area contributed by atoms with Gasteiger partial charge in [0.25, 0.3) is 0 Å². The van der Waals surface area contributed by atoms with Crippen molar-refractivity contribution in [3.8, 4) is 22.3 Å². The van der Waals surface area contributed by atoms with E-state index in [1.54, 1.807) is 48.5 Å². The average molecular weight is 706 g/mol. The molecular formula is C52H33NO. The molecule has 0 bridgehead atoms. The minimum atomic E-state index is -0.609. The third-order valence-electron chi connectivity index (χ3n) is 9.70. The Balaban J connectivity index is 1.14. The van der Waals surface area contributed by atoms with E-state index in [2.05, 4.69) is 0 Å². The van der Waals surface area contributed by atoms with Gasteiger partial charge in [-0.05, 0) is 126 Å². The van der Waals surface area contributed by atoms with Gasteiger partial charge in [0.2, 0.25) is 0 Å². The van der Waals surface area contributed by atoms with Crippen LogP contribution in [0.4, 0.5) is 17.1 Å². The molecule has 0 aliphatic heterocycles. The van der Waals surface area contributed by atoms with E-state index in [0.717, 1.165) is 10.8 Å². The van der Waals surface area contributed by atoms with Crippen molar-refractivity contribution in [1.29, 1.82) is 0 Å². The number of anilines is 3. The number of hydrogen-bond donors (Lipinski definition) is 0. The largest absolute Gasteiger partial charge is 0.456 e. The first-order chi connectivity index (χ1) is 34.3. The number of fused-ring (bicyclic) bond motifs is 9. The zero-order valence-corrected chi connectivity index (χ0v) is 28.0. The van der Waals surface area contributed by atoms with E-state index in [0.29, 0.717) is 39.4 Å². The van der Waals surface area contributed by atoms with Gasteiger partial charge in [-0.15, -0.1) is 0 Å². The fourth-order valence-corrected chi connectivity index (χ4v) is 7.23. The van der Waals surface area contributed by atoms with Gasteiger partial charge >= 0.3 is 0 Å². The first-order valence-corrected chi connectivity index (χ1v) is 17.0. The standard InChI is InChI=1S/C52H33NO/c1-3-13-41-36(11-1)31-48(45-17-7-5-15-43(41)45)34-21-25-38(26-22-34)53(40-29-30-52-50(33-40)47-19-9-10-20-51(47)54-52)39-27-23-35(24-28-39)49-32-37-12-2-4-14-42(37)44-16-6-8-18-46(44)49/h1-33H/i1D,2D,3D,4D,5D,6D,7D,8D,11D,12D,13D,14D,15D,16D,17D,18D,31D,32D. The molecule has 0 atom stereocenters. The molecule has 1 heterocycles. The summed E-state index contributed by atoms with van der Waals surface area (Å²) in [6.07, 6.45) is 0. The summed E-state index contributed by atoms with van der Waals surface area (Å²) in [5.74, 6) is 0. The number of hydrogen-bond acceptors (Lipinski definition) is 2. The molecule has 0 N–H and O–H groups in total. The smallest absolute Gasteiger partial charge is 0.135 e. The summed E-state index contributed by atoms with van der Waals surface area (Å²) in [5.41, 5.74) is 3.69. The summed E-state index contributed by atoms with van der Waals surface area (Å²) in [5, 5.41) is 0.389. The molecule has 0 amide bonds. The predicted octanol–water partition coefficient (Wildman–Crippen LogP) is 15.0. The second-order valence-corrected chi connectivity index (χ2v) is 12.7. The highest BCUT2D eigenvalue weighted by Crippen LogP contribution is 2.42. The molecule has 0 fully saturated rings. The van der Waals surface area contributed by atoms with Gasteiger partial charge in [-0.1, -0.05) is 139 Å². The molecule has 2 heteroatoms. The van der Waals surface area contributed by atoms with Gasteiger partial charge in [0.05, 0.1) is 24.7 Å². The van der Waals surface area contributed by atoms with E-state index in [1.807, 2.05) is 47.4 Å². The maximum Gasteiger partial charge on any atom is 0.135 e. The zero-order valence-electron chi connectivity index (χ0n) is 46.0. The van der Waals surface area contributed by atoms with Crippen LogP contribution in [0.25, 0.3) is 87.3 Å². The molecule has 0 unspecified atom stereocenters. The monoisotopic (exact) mass is 705 g/mol. The van der Waals surface area contributed by atoms with Crippen molar-refractivity contribution in [2.24, 2.45) is 0 Å². The number of para-hydroxylation sites is 1. The Morgan fingerprint density at radius 1 is 0.370 bits per heavy atom. The van der Waals surface area contributed by atoms with Gasteiger partial charge in [-0.2, -0.15) is 0 Å². The molecule has 11 rings (SSSR count). The van der Waals surface area contributed by atoms with Crippen molar-refractivity contribution in [1.82, 2.24) is 0 Å². The molecule has 10 aromatic carbocycles. The lowest BCUT2D eigenvalue weighted by molar-refractivity contribution is 0.669. The molecule has 1 aromatic heterocycles. The molecule has 252 valence electrons. The minimum Gasteiger partial charge on any atom is -0.456 e. The minimum absolute atomic E-state index is 0.0277. The molecule has 0 saturated carbocycles. The number of nitrogens with zero attached hydrogens (tertiary/aromatic N) is 1. The predicted molar refractivity (Wildman–Crippen MR) is 229 cm³/mol. The van der Waals surface area contributed by atoms with E-state index in [1.165, 1.54) is 0 Å². The van der Waals surface area contributed by atoms with E-state index >= 15 is 0 Å². The van der Waals surface area contributed by atoms with Crippen LogP contribution in [-0.4, -0.2) is 0 Å². The van der Waals surface area contributed by atoms with Crippen molar-refractivity contribution in [2.45, 2.75) is 0 Å². The third kappa shape index (κ3) is 4.88. The lowest BCUT2D eigenvalue weighted by atomic mass is 9.93. The van der Waals surface area contributed by atoms with Crippen molar-refractivity contribution in [3.05, 3.63) is 200 Å². The Labute approximate surface area is 338 Å². The molecule has 2 nitrogen and oxygen atoms in total. The van der Waals surface area contributed by atoms with Crippen LogP contribution >= 0.6 is 0 Å². The average Bonchev–Trinajstić information content (AvgIpc) is 3.76. The lowest BCUT2D eigenvalue weighted by Crippen LogP contribution is -2.09. The van der Waals surface area contributed by atoms with Gasteiger partial charge < -0.3 is 9.32 Å². The fourth-order valence-electron chi connectivity index (χ4n) is 7.23. The summed E-state index contributed by atoms with van der Waals surface area (Å²) in [4.78, 5) is 1.89. The fraction of sp³-hybridized carbons (Fsp3) is 0. The highest BCUT2D eigenvalue weighted by atomic mass is 16.3. The Morgan fingerprint density at radius 2 is 0.815 bits per heavy atom. The van der Waals surface area contributed by atoms with E-state index in [-0.39, 0.29) is 66.3 Å². The lowest BCUT2D eigenvalue weighted by Gasteiger charge is -2.26. The van der Waals surface area contributed by atoms with Crippen LogP contribution in [0.3, 0.4) is 0 Å². The second kappa shape index (κ2) is 12.2. The topological polar surface area (TPSA) is 16.4 Å². The summed E-state index contributed by atoms with van der Waals surface area (Å²) in [6, 6.07) is 17.0. The maximum absolute atomic E-state index is 9.47. The SMILES string of the molecule is [2H]c1c([2H])c([2H])c2c(c1[2H])c([2H])c(-c1ccc(N(c3ccc(-c4c([2H])c5c([2H])c([2H])c([2H])c([2H])c5c5c([2H])c([2H])c([2H])c([2H])c45)cc3)c3ccc4oc5ccccc5c4c3)cc1)c1c([2H])c([2H])c([2H])c([2H])c12. The molecular weight excluding hydrogens is 655 g/mol. The Hall–Kier alpha value is -7.16. The van der Waals surface area contributed by atoms with Crippen LogP contribution in [0.1, 0.15) is 24.7 Å². The maximum atomic E-state index is 9.47. The van der Waals surface area contributed by atoms with Crippen LogP contribution in [0.2, 0.25) is 0 Å². The van der Waals surface area contributed by atoms with Gasteiger partial charge in [0, 0.05) is 27.8 Å². The molecule has 0 radical (unpaired) electrons. The zero-order chi connectivity index (χ0) is 51.3. The summed E-state index contributed by atoms with van der Waals surface area (Å²) >= 11 is 0. The van der Waals surface area contributed by atoms with Crippen LogP contribution in [0, 0.1) is 0 Å². The summed E-state index contributed by atoms with van der Waals surface area (Å²) in [6.45, 7) is 0. The van der Waals surface area contributed by atoms with Crippen LogP contribution in [-0.2, 0) is 0 Å². The Bertz CT molecular complexity index is 4030. The van der Waals surface area contributed by atoms with E-state index in [9.17, 15) is 2.74 Å². The van der Waals surface area contributed by atoms with Crippen molar-refractivity contribution in [3.63, 3.8) is 0 Å². The van der Waals surface area contributed by atoms with Gasteiger partial charge in [0.1, 0.15) is 11.2 Å². The number of benzene rings is 10. The number of rotatable bonds is 5. The van der Waals surface area contributed by atoms with Crippen LogP contribution < -0.4 is 4.90 Å². The quantitative estimate of drug-likeness (QED) is 0.166. The summed E-state index contributed by atoms with van der Waals surface area (Å²) in [7, 11) is 0. The van der Waals surface area contributed by atoms with Crippen LogP contribution in [0.15, 0.2) is 204 Å². The van der Waals surface area contributed by atoms with E-state index in [4.69, 9.17) is 26.3 Å². The third-order valence-corrected chi connectivity index (χ3v) is 9.70. The van der Waals surface area contributed by atoms with Gasteiger partial charge in [-0.3, -0.25) is 0 Å². The number of furan rings is 1. The Morgan fingerprint density at radius 3 is 1.37 bits per heavy atom. The van der Waals surface area contributed by atoms with Crippen molar-refractivity contribution < 1.29 is 29.1 Å². The van der Waals surface area contributed by atoms with Gasteiger partial charge in [0.15, 0.2) is 0 Å². The van der Waals surface area contributed by atoms with Crippen LogP contribution in [0.5, 0.6) is 0 Å². The molecule has 0 aliphatic carbocycles. The van der Waals surface area contributed by atoms with Crippen molar-refractivity contribution >= 4 is 82.1 Å². The molecule has 0 aliphatic rings. The highest BCUT2D eigenvalue weighted by Gasteiger charge is 2.17. The van der Waals surface area contributed by atoms with Crippen molar-refractivity contribution in [2.75, 3.05) is 4.90 Å². The molecule has 11 aromatic rings. The normalized spacial score (nSPS) is 16.4. The van der Waals surface area contributed by atoms with Gasteiger partial charge in [-0.25, -0.2) is 0 Å². The first kappa shape index (κ1) is 17.6. The first-order valence-electron chi connectivity index (χ1n) is 26.0. The Kier molecular flexibility index (Phi) is 3.98. The molecule has 0 spiro atoms. The second-order valence-electron chi connectivity index (χ2n) is 12.7. The summed E-state index contributed by atoms with van der Waals surface area (Å²) < 4.78 is 164. The molecule has 0 saturated heterocycles. The molecule has 54 heavy (non-hydrogen) atoms.